The molecule has 1 aromatic rings. The van der Waals surface area contributed by atoms with E-state index < -0.39 is 0 Å². The standard InChI is InChI=1S/C16H26N2/c1-12-4-6-13(7-5-12)15(17)11-18-14-8-9-16(2,3)10-14/h4-7,14-15,18H,8-11,17H2,1-3H3. The van der Waals surface area contributed by atoms with Gasteiger partial charge in [0.25, 0.3) is 0 Å². The molecule has 1 fully saturated rings. The Balaban J connectivity index is 1.82. The van der Waals surface area contributed by atoms with Gasteiger partial charge in [-0.05, 0) is 37.2 Å². The average Bonchev–Trinajstić information content (AvgIpc) is 2.67. The molecule has 0 heterocycles. The Kier molecular flexibility index (Phi) is 4.08. The van der Waals surface area contributed by atoms with E-state index in [-0.39, 0.29) is 6.04 Å². The van der Waals surface area contributed by atoms with Gasteiger partial charge < -0.3 is 11.1 Å². The molecule has 0 aromatic heterocycles. The molecular formula is C16H26N2. The minimum atomic E-state index is 0.106. The van der Waals surface area contributed by atoms with Crippen LogP contribution in [-0.4, -0.2) is 12.6 Å². The van der Waals surface area contributed by atoms with Crippen molar-refractivity contribution in [1.29, 1.82) is 0 Å². The summed E-state index contributed by atoms with van der Waals surface area (Å²) in [5.74, 6) is 0. The fourth-order valence-corrected chi connectivity index (χ4v) is 2.84. The van der Waals surface area contributed by atoms with Gasteiger partial charge in [-0.25, -0.2) is 0 Å². The molecule has 0 aliphatic heterocycles. The molecule has 3 N–H and O–H groups in total. The minimum absolute atomic E-state index is 0.106. The topological polar surface area (TPSA) is 38.0 Å². The maximum atomic E-state index is 6.23. The molecule has 0 spiro atoms. The summed E-state index contributed by atoms with van der Waals surface area (Å²) in [5.41, 5.74) is 9.25. The molecule has 1 aromatic carbocycles. The number of aryl methyl sites for hydroxylation is 1. The lowest BCUT2D eigenvalue weighted by atomic mass is 9.92. The van der Waals surface area contributed by atoms with Crippen LogP contribution in [0.15, 0.2) is 24.3 Å². The van der Waals surface area contributed by atoms with E-state index in [4.69, 9.17) is 5.73 Å². The van der Waals surface area contributed by atoms with Crippen LogP contribution in [-0.2, 0) is 0 Å². The van der Waals surface area contributed by atoms with Crippen LogP contribution in [0.1, 0.15) is 50.3 Å². The van der Waals surface area contributed by atoms with Gasteiger partial charge in [0, 0.05) is 18.6 Å². The molecule has 0 radical (unpaired) electrons. The number of rotatable bonds is 4. The van der Waals surface area contributed by atoms with Gasteiger partial charge in [0.05, 0.1) is 0 Å². The molecule has 2 heteroatoms. The first kappa shape index (κ1) is 13.6. The van der Waals surface area contributed by atoms with Crippen LogP contribution < -0.4 is 11.1 Å². The highest BCUT2D eigenvalue weighted by atomic mass is 14.9. The predicted molar refractivity (Wildman–Crippen MR) is 77.5 cm³/mol. The van der Waals surface area contributed by atoms with Crippen molar-refractivity contribution in [3.8, 4) is 0 Å². The first-order chi connectivity index (χ1) is 8.46. The van der Waals surface area contributed by atoms with Gasteiger partial charge in [-0.1, -0.05) is 43.7 Å². The van der Waals surface area contributed by atoms with E-state index in [2.05, 4.69) is 50.4 Å². The van der Waals surface area contributed by atoms with Crippen LogP contribution in [0.5, 0.6) is 0 Å². The summed E-state index contributed by atoms with van der Waals surface area (Å²) in [6, 6.07) is 9.30. The van der Waals surface area contributed by atoms with Gasteiger partial charge >= 0.3 is 0 Å². The predicted octanol–water partition coefficient (Wildman–Crippen LogP) is 3.16. The Bertz CT molecular complexity index is 381. The maximum Gasteiger partial charge on any atom is 0.0421 e. The Morgan fingerprint density at radius 3 is 2.56 bits per heavy atom. The van der Waals surface area contributed by atoms with E-state index in [1.807, 2.05) is 0 Å². The van der Waals surface area contributed by atoms with Crippen molar-refractivity contribution in [2.45, 2.75) is 52.1 Å². The monoisotopic (exact) mass is 246 g/mol. The second-order valence-corrected chi connectivity index (χ2v) is 6.53. The Morgan fingerprint density at radius 2 is 2.00 bits per heavy atom. The van der Waals surface area contributed by atoms with Crippen LogP contribution in [0.2, 0.25) is 0 Å². The van der Waals surface area contributed by atoms with E-state index >= 15 is 0 Å². The molecule has 0 saturated heterocycles. The zero-order valence-corrected chi connectivity index (χ0v) is 11.9. The molecule has 18 heavy (non-hydrogen) atoms. The third-order valence-corrected chi connectivity index (χ3v) is 4.10. The molecule has 2 unspecified atom stereocenters. The largest absolute Gasteiger partial charge is 0.323 e. The van der Waals surface area contributed by atoms with Crippen LogP contribution in [0.25, 0.3) is 0 Å². The highest BCUT2D eigenvalue weighted by Crippen LogP contribution is 2.36. The van der Waals surface area contributed by atoms with Gasteiger partial charge in [0.15, 0.2) is 0 Å². The van der Waals surface area contributed by atoms with Gasteiger partial charge in [0.1, 0.15) is 0 Å². The third kappa shape index (κ3) is 3.56. The maximum absolute atomic E-state index is 6.23. The van der Waals surface area contributed by atoms with Crippen molar-refractivity contribution >= 4 is 0 Å². The van der Waals surface area contributed by atoms with Gasteiger partial charge in [-0.3, -0.25) is 0 Å². The lowest BCUT2D eigenvalue weighted by Crippen LogP contribution is -2.34. The SMILES string of the molecule is Cc1ccc(C(N)CNC2CCC(C)(C)C2)cc1. The first-order valence-corrected chi connectivity index (χ1v) is 7.02. The molecule has 1 aliphatic carbocycles. The van der Waals surface area contributed by atoms with Crippen molar-refractivity contribution < 1.29 is 0 Å². The molecule has 2 atom stereocenters. The number of benzene rings is 1. The zero-order valence-electron chi connectivity index (χ0n) is 11.9. The number of hydrogen-bond donors (Lipinski definition) is 2. The van der Waals surface area contributed by atoms with Gasteiger partial charge in [0.2, 0.25) is 0 Å². The molecule has 0 bridgehead atoms. The van der Waals surface area contributed by atoms with Crippen LogP contribution >= 0.6 is 0 Å². The highest BCUT2D eigenvalue weighted by molar-refractivity contribution is 5.24. The molecule has 1 aliphatic rings. The summed E-state index contributed by atoms with van der Waals surface area (Å²) in [4.78, 5) is 0. The molecule has 2 nitrogen and oxygen atoms in total. The van der Waals surface area contributed by atoms with Crippen LogP contribution in [0.4, 0.5) is 0 Å². The van der Waals surface area contributed by atoms with Crippen LogP contribution in [0, 0.1) is 12.3 Å². The summed E-state index contributed by atoms with van der Waals surface area (Å²) < 4.78 is 0. The fraction of sp³-hybridized carbons (Fsp3) is 0.625. The van der Waals surface area contributed by atoms with E-state index in [9.17, 15) is 0 Å². The second kappa shape index (κ2) is 5.41. The van der Waals surface area contributed by atoms with Gasteiger partial charge in [-0.2, -0.15) is 0 Å². The number of nitrogens with one attached hydrogen (secondary N) is 1. The second-order valence-electron chi connectivity index (χ2n) is 6.53. The summed E-state index contributed by atoms with van der Waals surface area (Å²) in [6.07, 6.45) is 3.88. The van der Waals surface area contributed by atoms with Crippen molar-refractivity contribution in [1.82, 2.24) is 5.32 Å². The summed E-state index contributed by atoms with van der Waals surface area (Å²) >= 11 is 0. The van der Waals surface area contributed by atoms with E-state index in [0.717, 1.165) is 6.54 Å². The normalized spacial score (nSPS) is 24.1. The molecule has 1 saturated carbocycles. The Morgan fingerprint density at radius 1 is 1.33 bits per heavy atom. The van der Waals surface area contributed by atoms with E-state index in [1.165, 1.54) is 30.4 Å². The summed E-state index contributed by atoms with van der Waals surface area (Å²) in [5, 5.41) is 3.63. The van der Waals surface area contributed by atoms with Crippen LogP contribution in [0.3, 0.4) is 0 Å². The average molecular weight is 246 g/mol. The fourth-order valence-electron chi connectivity index (χ4n) is 2.84. The van der Waals surface area contributed by atoms with Gasteiger partial charge in [-0.15, -0.1) is 0 Å². The smallest absolute Gasteiger partial charge is 0.0421 e. The van der Waals surface area contributed by atoms with Crippen molar-refractivity contribution in [2.75, 3.05) is 6.54 Å². The van der Waals surface area contributed by atoms with Crippen molar-refractivity contribution in [3.05, 3.63) is 35.4 Å². The molecule has 100 valence electrons. The minimum Gasteiger partial charge on any atom is -0.323 e. The van der Waals surface area contributed by atoms with E-state index in [1.54, 1.807) is 0 Å². The Hall–Kier alpha value is -0.860. The first-order valence-electron chi connectivity index (χ1n) is 7.02. The zero-order chi connectivity index (χ0) is 13.2. The number of nitrogens with two attached hydrogens (primary N) is 1. The third-order valence-electron chi connectivity index (χ3n) is 4.10. The summed E-state index contributed by atoms with van der Waals surface area (Å²) in [7, 11) is 0. The number of hydrogen-bond acceptors (Lipinski definition) is 2. The van der Waals surface area contributed by atoms with E-state index in [0.29, 0.717) is 11.5 Å². The summed E-state index contributed by atoms with van der Waals surface area (Å²) in [6.45, 7) is 7.70. The van der Waals surface area contributed by atoms with Crippen molar-refractivity contribution in [3.63, 3.8) is 0 Å². The quantitative estimate of drug-likeness (QED) is 0.856. The molecular weight excluding hydrogens is 220 g/mol. The highest BCUT2D eigenvalue weighted by Gasteiger charge is 2.30. The lowest BCUT2D eigenvalue weighted by molar-refractivity contribution is 0.362. The molecule has 0 amide bonds. The molecule has 2 rings (SSSR count). The van der Waals surface area contributed by atoms with Crippen molar-refractivity contribution in [2.24, 2.45) is 11.1 Å². The Labute approximate surface area is 111 Å². The lowest BCUT2D eigenvalue weighted by Gasteiger charge is -2.20.